The van der Waals surface area contributed by atoms with Crippen LogP contribution in [0.5, 0.6) is 0 Å². The number of rotatable bonds is 3. The highest BCUT2D eigenvalue weighted by Gasteiger charge is 2.17. The summed E-state index contributed by atoms with van der Waals surface area (Å²) in [7, 11) is 0. The molecule has 0 atom stereocenters. The Hall–Kier alpha value is -3.61. The molecular weight excluding hydrogens is 376 g/mol. The largest absolute Gasteiger partial charge is 0.324 e. The number of para-hydroxylation sites is 2. The van der Waals surface area contributed by atoms with Gasteiger partial charge < -0.3 is 5.32 Å². The van der Waals surface area contributed by atoms with Crippen LogP contribution in [0.2, 0.25) is 0 Å². The molecule has 0 spiro atoms. The Morgan fingerprint density at radius 3 is 2.37 bits per heavy atom. The lowest BCUT2D eigenvalue weighted by Gasteiger charge is -2.14. The van der Waals surface area contributed by atoms with Gasteiger partial charge in [0.2, 0.25) is 0 Å². The van der Waals surface area contributed by atoms with E-state index in [0.29, 0.717) is 11.5 Å². The zero-order valence-electron chi connectivity index (χ0n) is 18.0. The van der Waals surface area contributed by atoms with Gasteiger partial charge >= 0.3 is 6.03 Å². The van der Waals surface area contributed by atoms with Gasteiger partial charge in [-0.15, -0.1) is 0 Å². The fourth-order valence-electron chi connectivity index (χ4n) is 2.92. The number of nitrogens with zero attached hydrogens (tertiary/aromatic N) is 3. The van der Waals surface area contributed by atoms with E-state index in [0.717, 1.165) is 22.4 Å². The summed E-state index contributed by atoms with van der Waals surface area (Å²) in [5.74, 6) is 0.490. The third kappa shape index (κ3) is 4.68. The summed E-state index contributed by atoms with van der Waals surface area (Å²) in [6, 6.07) is 17.1. The van der Waals surface area contributed by atoms with Crippen LogP contribution in [0.1, 0.15) is 40.3 Å². The van der Waals surface area contributed by atoms with Crippen molar-refractivity contribution in [1.29, 1.82) is 0 Å². The number of hydrogen-bond donors (Lipinski definition) is 3. The number of anilines is 2. The Morgan fingerprint density at radius 1 is 1.00 bits per heavy atom. The van der Waals surface area contributed by atoms with Crippen molar-refractivity contribution in [2.75, 3.05) is 10.6 Å². The topological polar surface area (TPSA) is 87.6 Å². The second-order valence-corrected chi connectivity index (χ2v) is 7.65. The molecule has 2 amide bonds. The number of benzene rings is 2. The number of hydrogen-bond acceptors (Lipinski definition) is 3. The molecule has 30 heavy (non-hydrogen) atoms. The van der Waals surface area contributed by atoms with Gasteiger partial charge in [-0.25, -0.2) is 9.78 Å². The molecular formula is C23H28N6O. The van der Waals surface area contributed by atoms with Gasteiger partial charge in [0.15, 0.2) is 5.82 Å². The average Bonchev–Trinajstić information content (AvgIpc) is 3.37. The average molecular weight is 405 g/mol. The lowest BCUT2D eigenvalue weighted by Crippen LogP contribution is -2.19. The van der Waals surface area contributed by atoms with E-state index >= 15 is 0 Å². The number of carbonyl (C=O) groups is 1. The van der Waals surface area contributed by atoms with Crippen LogP contribution in [-0.2, 0) is 5.41 Å². The summed E-state index contributed by atoms with van der Waals surface area (Å²) in [4.78, 5) is 16.6. The van der Waals surface area contributed by atoms with Crippen molar-refractivity contribution in [2.24, 2.45) is 0 Å². The second kappa shape index (κ2) is 8.82. The monoisotopic (exact) mass is 404 g/mol. The van der Waals surface area contributed by atoms with E-state index in [1.807, 2.05) is 73.0 Å². The van der Waals surface area contributed by atoms with Crippen LogP contribution in [0, 0.1) is 0 Å². The number of nitrogens with one attached hydrogen (secondary N) is 3. The summed E-state index contributed by atoms with van der Waals surface area (Å²) in [6.45, 7) is 10.2. The number of aromatic nitrogens is 4. The zero-order valence-corrected chi connectivity index (χ0v) is 18.0. The summed E-state index contributed by atoms with van der Waals surface area (Å²) >= 11 is 0. The molecule has 0 radical (unpaired) electrons. The number of amides is 2. The van der Waals surface area contributed by atoms with Gasteiger partial charge in [-0.3, -0.25) is 15.0 Å². The first-order valence-electron chi connectivity index (χ1n) is 10.1. The highest BCUT2D eigenvalue weighted by molar-refractivity contribution is 5.99. The van der Waals surface area contributed by atoms with Crippen molar-refractivity contribution in [3.8, 4) is 5.69 Å². The quantitative estimate of drug-likeness (QED) is 0.408. The highest BCUT2D eigenvalue weighted by Crippen LogP contribution is 2.22. The standard InChI is InChI=1S/C21H22N6O.C2H6/c1-21(2,3)18-12-19(26-25-18)24-20(28)23-14-8-10-15(11-9-14)27-13-22-16-6-4-5-7-17(16)27;1-2/h4-13H,1-3H3,(H3,23,24,25,26,28);1-2H3. The Labute approximate surface area is 176 Å². The van der Waals surface area contributed by atoms with Crippen molar-refractivity contribution in [2.45, 2.75) is 40.0 Å². The molecule has 0 saturated carbocycles. The predicted octanol–water partition coefficient (Wildman–Crippen LogP) is 5.72. The number of aromatic amines is 1. The van der Waals surface area contributed by atoms with Gasteiger partial charge in [0.25, 0.3) is 0 Å². The summed E-state index contributed by atoms with van der Waals surface area (Å²) < 4.78 is 2.01. The maximum atomic E-state index is 12.2. The van der Waals surface area contributed by atoms with Crippen LogP contribution in [-0.4, -0.2) is 25.8 Å². The Balaban J connectivity index is 0.00000124. The maximum Gasteiger partial charge on any atom is 0.324 e. The van der Waals surface area contributed by atoms with Crippen LogP contribution in [0.3, 0.4) is 0 Å². The molecule has 0 aliphatic carbocycles. The Bertz CT molecular complexity index is 1120. The third-order valence-electron chi connectivity index (χ3n) is 4.48. The van der Waals surface area contributed by atoms with Crippen molar-refractivity contribution in [1.82, 2.24) is 19.7 Å². The second-order valence-electron chi connectivity index (χ2n) is 7.65. The van der Waals surface area contributed by atoms with Crippen LogP contribution in [0.25, 0.3) is 16.7 Å². The van der Waals surface area contributed by atoms with Crippen molar-refractivity contribution >= 4 is 28.6 Å². The number of carbonyl (C=O) groups excluding carboxylic acids is 1. The normalized spacial score (nSPS) is 11.0. The molecule has 0 saturated heterocycles. The molecule has 156 valence electrons. The fourth-order valence-corrected chi connectivity index (χ4v) is 2.92. The molecule has 0 aliphatic heterocycles. The van der Waals surface area contributed by atoms with E-state index < -0.39 is 0 Å². The van der Waals surface area contributed by atoms with E-state index in [1.165, 1.54) is 0 Å². The molecule has 0 bridgehead atoms. The van der Waals surface area contributed by atoms with Gasteiger partial charge in [0.1, 0.15) is 6.33 Å². The van der Waals surface area contributed by atoms with E-state index in [-0.39, 0.29) is 11.4 Å². The van der Waals surface area contributed by atoms with Crippen molar-refractivity contribution < 1.29 is 4.79 Å². The first kappa shape index (κ1) is 21.1. The van der Waals surface area contributed by atoms with Crippen molar-refractivity contribution in [3.05, 3.63) is 66.6 Å². The number of fused-ring (bicyclic) bond motifs is 1. The number of imidazole rings is 1. The Morgan fingerprint density at radius 2 is 1.70 bits per heavy atom. The smallest absolute Gasteiger partial charge is 0.308 e. The molecule has 0 fully saturated rings. The summed E-state index contributed by atoms with van der Waals surface area (Å²) in [5, 5.41) is 12.6. The number of H-pyrrole nitrogens is 1. The van der Waals surface area contributed by atoms with E-state index in [9.17, 15) is 4.79 Å². The zero-order chi connectivity index (χ0) is 21.7. The number of urea groups is 1. The van der Waals surface area contributed by atoms with Gasteiger partial charge in [0, 0.05) is 28.6 Å². The van der Waals surface area contributed by atoms with E-state index in [2.05, 4.69) is 46.6 Å². The molecule has 4 rings (SSSR count). The molecule has 2 heterocycles. The first-order chi connectivity index (χ1) is 14.4. The van der Waals surface area contributed by atoms with Crippen LogP contribution in [0.15, 0.2) is 60.9 Å². The molecule has 2 aromatic carbocycles. The third-order valence-corrected chi connectivity index (χ3v) is 4.48. The van der Waals surface area contributed by atoms with Gasteiger partial charge in [-0.1, -0.05) is 46.8 Å². The van der Waals surface area contributed by atoms with Crippen LogP contribution >= 0.6 is 0 Å². The maximum absolute atomic E-state index is 12.2. The van der Waals surface area contributed by atoms with Crippen LogP contribution in [0.4, 0.5) is 16.3 Å². The van der Waals surface area contributed by atoms with Gasteiger partial charge in [0.05, 0.1) is 11.0 Å². The molecule has 3 N–H and O–H groups in total. The van der Waals surface area contributed by atoms with Crippen LogP contribution < -0.4 is 10.6 Å². The minimum absolute atomic E-state index is 0.0588. The summed E-state index contributed by atoms with van der Waals surface area (Å²) in [6.07, 6.45) is 1.80. The minimum Gasteiger partial charge on any atom is -0.308 e. The van der Waals surface area contributed by atoms with E-state index in [1.54, 1.807) is 6.33 Å². The lowest BCUT2D eigenvalue weighted by atomic mass is 9.92. The first-order valence-corrected chi connectivity index (χ1v) is 10.1. The predicted molar refractivity (Wildman–Crippen MR) is 122 cm³/mol. The van der Waals surface area contributed by atoms with E-state index in [4.69, 9.17) is 0 Å². The molecule has 2 aromatic heterocycles. The molecule has 0 unspecified atom stereocenters. The van der Waals surface area contributed by atoms with Crippen molar-refractivity contribution in [3.63, 3.8) is 0 Å². The highest BCUT2D eigenvalue weighted by atomic mass is 16.2. The summed E-state index contributed by atoms with van der Waals surface area (Å²) in [5.41, 5.74) is 4.54. The fraction of sp³-hybridized carbons (Fsp3) is 0.261. The lowest BCUT2D eigenvalue weighted by molar-refractivity contribution is 0.262. The molecule has 7 heteroatoms. The molecule has 7 nitrogen and oxygen atoms in total. The Kier molecular flexibility index (Phi) is 6.20. The minimum atomic E-state index is -0.340. The van der Waals surface area contributed by atoms with Gasteiger partial charge in [-0.05, 0) is 36.4 Å². The van der Waals surface area contributed by atoms with Gasteiger partial charge in [-0.2, -0.15) is 5.10 Å². The SMILES string of the molecule is CC.CC(C)(C)c1cc(NC(=O)Nc2ccc(-n3cnc4ccccc43)cc2)n[nH]1. The molecule has 0 aliphatic rings. The molecule has 4 aromatic rings.